The summed E-state index contributed by atoms with van der Waals surface area (Å²) in [6.07, 6.45) is 1.50. The zero-order chi connectivity index (χ0) is 19.2. The molecule has 0 aliphatic rings. The SMILES string of the molecule is COc1ccc(C)cc1NC(=O)c1ccnc(Nc2ccc(C#N)cc2)n1. The number of methoxy groups -OCH3 is 1. The molecule has 0 fully saturated rings. The molecule has 0 aliphatic carbocycles. The van der Waals surface area contributed by atoms with Gasteiger partial charge < -0.3 is 15.4 Å². The highest BCUT2D eigenvalue weighted by Crippen LogP contribution is 2.25. The molecule has 1 amide bonds. The van der Waals surface area contributed by atoms with Crippen LogP contribution < -0.4 is 15.4 Å². The molecule has 0 bridgehead atoms. The number of benzene rings is 2. The normalized spacial score (nSPS) is 9.96. The summed E-state index contributed by atoms with van der Waals surface area (Å²) in [7, 11) is 1.55. The van der Waals surface area contributed by atoms with Crippen LogP contribution in [0.2, 0.25) is 0 Å². The van der Waals surface area contributed by atoms with Crippen LogP contribution in [0, 0.1) is 18.3 Å². The summed E-state index contributed by atoms with van der Waals surface area (Å²) in [6, 6.07) is 16.0. The van der Waals surface area contributed by atoms with E-state index >= 15 is 0 Å². The van der Waals surface area contributed by atoms with Crippen molar-refractivity contribution in [2.24, 2.45) is 0 Å². The molecule has 0 unspecified atom stereocenters. The van der Waals surface area contributed by atoms with E-state index in [9.17, 15) is 4.79 Å². The number of hydrogen-bond acceptors (Lipinski definition) is 6. The number of ether oxygens (including phenoxy) is 1. The Hall–Kier alpha value is -3.92. The van der Waals surface area contributed by atoms with Gasteiger partial charge in [-0.2, -0.15) is 5.26 Å². The number of nitrogens with zero attached hydrogens (tertiary/aromatic N) is 3. The molecule has 7 nitrogen and oxygen atoms in total. The van der Waals surface area contributed by atoms with Crippen LogP contribution in [-0.4, -0.2) is 23.0 Å². The number of nitrogens with one attached hydrogen (secondary N) is 2. The number of amides is 1. The van der Waals surface area contributed by atoms with E-state index in [0.29, 0.717) is 22.7 Å². The van der Waals surface area contributed by atoms with Gasteiger partial charge in [0, 0.05) is 11.9 Å². The second-order valence-electron chi connectivity index (χ2n) is 5.74. The maximum Gasteiger partial charge on any atom is 0.274 e. The predicted molar refractivity (Wildman–Crippen MR) is 102 cm³/mol. The highest BCUT2D eigenvalue weighted by molar-refractivity contribution is 6.03. The van der Waals surface area contributed by atoms with Crippen molar-refractivity contribution in [1.29, 1.82) is 5.26 Å². The predicted octanol–water partition coefficient (Wildman–Crippen LogP) is 3.66. The van der Waals surface area contributed by atoms with E-state index in [4.69, 9.17) is 10.00 Å². The number of rotatable bonds is 5. The first-order chi connectivity index (χ1) is 13.1. The number of aromatic nitrogens is 2. The van der Waals surface area contributed by atoms with Gasteiger partial charge in [0.05, 0.1) is 24.4 Å². The van der Waals surface area contributed by atoms with Gasteiger partial charge in [0.1, 0.15) is 11.4 Å². The van der Waals surface area contributed by atoms with E-state index < -0.39 is 0 Å². The zero-order valence-corrected chi connectivity index (χ0v) is 14.9. The summed E-state index contributed by atoms with van der Waals surface area (Å²) in [6.45, 7) is 1.93. The van der Waals surface area contributed by atoms with Gasteiger partial charge in [0.15, 0.2) is 0 Å². The number of carbonyl (C=O) groups is 1. The van der Waals surface area contributed by atoms with E-state index in [1.54, 1.807) is 37.4 Å². The molecule has 3 rings (SSSR count). The Balaban J connectivity index is 1.77. The van der Waals surface area contributed by atoms with Crippen LogP contribution >= 0.6 is 0 Å². The van der Waals surface area contributed by atoms with Gasteiger partial charge in [0.2, 0.25) is 5.95 Å². The molecule has 0 spiro atoms. The number of carbonyl (C=O) groups excluding carboxylic acids is 1. The summed E-state index contributed by atoms with van der Waals surface area (Å²) in [5.74, 6) is 0.478. The van der Waals surface area contributed by atoms with Crippen LogP contribution in [0.5, 0.6) is 5.75 Å². The molecule has 1 aromatic heterocycles. The van der Waals surface area contributed by atoms with Gasteiger partial charge in [-0.05, 0) is 55.0 Å². The van der Waals surface area contributed by atoms with E-state index in [2.05, 4.69) is 26.7 Å². The molecule has 3 aromatic rings. The van der Waals surface area contributed by atoms with E-state index in [0.717, 1.165) is 5.56 Å². The lowest BCUT2D eigenvalue weighted by molar-refractivity contribution is 0.102. The van der Waals surface area contributed by atoms with Crippen molar-refractivity contribution in [1.82, 2.24) is 9.97 Å². The van der Waals surface area contributed by atoms with Crippen LogP contribution in [-0.2, 0) is 0 Å². The van der Waals surface area contributed by atoms with Gasteiger partial charge >= 0.3 is 0 Å². The fraction of sp³-hybridized carbons (Fsp3) is 0.100. The number of hydrogen-bond donors (Lipinski definition) is 2. The smallest absolute Gasteiger partial charge is 0.274 e. The van der Waals surface area contributed by atoms with Crippen LogP contribution in [0.1, 0.15) is 21.6 Å². The molecule has 0 radical (unpaired) electrons. The Morgan fingerprint density at radius 3 is 2.63 bits per heavy atom. The average Bonchev–Trinajstić information content (AvgIpc) is 2.69. The Kier molecular flexibility index (Phi) is 5.28. The van der Waals surface area contributed by atoms with Crippen molar-refractivity contribution in [3.05, 3.63) is 71.5 Å². The molecular weight excluding hydrogens is 342 g/mol. The van der Waals surface area contributed by atoms with Crippen LogP contribution in [0.4, 0.5) is 17.3 Å². The van der Waals surface area contributed by atoms with Crippen molar-refractivity contribution in [3.63, 3.8) is 0 Å². The molecule has 0 saturated heterocycles. The summed E-state index contributed by atoms with van der Waals surface area (Å²) in [5, 5.41) is 14.7. The quantitative estimate of drug-likeness (QED) is 0.721. The minimum atomic E-state index is -0.371. The minimum absolute atomic E-state index is 0.213. The van der Waals surface area contributed by atoms with Gasteiger partial charge in [-0.1, -0.05) is 6.07 Å². The first-order valence-electron chi connectivity index (χ1n) is 8.15. The highest BCUT2D eigenvalue weighted by Gasteiger charge is 2.12. The lowest BCUT2D eigenvalue weighted by Crippen LogP contribution is -2.15. The zero-order valence-electron chi connectivity index (χ0n) is 14.9. The molecule has 0 aliphatic heterocycles. The van der Waals surface area contributed by atoms with E-state index in [-0.39, 0.29) is 17.5 Å². The topological polar surface area (TPSA) is 99.9 Å². The van der Waals surface area contributed by atoms with E-state index in [1.807, 2.05) is 19.1 Å². The Morgan fingerprint density at radius 2 is 1.93 bits per heavy atom. The molecule has 1 heterocycles. The van der Waals surface area contributed by atoms with Crippen molar-refractivity contribution in [2.45, 2.75) is 6.92 Å². The Bertz CT molecular complexity index is 1010. The molecule has 134 valence electrons. The van der Waals surface area contributed by atoms with Crippen molar-refractivity contribution in [3.8, 4) is 11.8 Å². The molecule has 0 saturated carbocycles. The largest absolute Gasteiger partial charge is 0.495 e. The monoisotopic (exact) mass is 359 g/mol. The highest BCUT2D eigenvalue weighted by atomic mass is 16.5. The van der Waals surface area contributed by atoms with Crippen LogP contribution in [0.15, 0.2) is 54.7 Å². The average molecular weight is 359 g/mol. The fourth-order valence-electron chi connectivity index (χ4n) is 2.41. The van der Waals surface area contributed by atoms with Gasteiger partial charge in [-0.25, -0.2) is 9.97 Å². The summed E-state index contributed by atoms with van der Waals surface area (Å²) < 4.78 is 5.28. The second-order valence-corrected chi connectivity index (χ2v) is 5.74. The summed E-state index contributed by atoms with van der Waals surface area (Å²) in [5.41, 5.74) is 3.05. The third-order valence-corrected chi connectivity index (χ3v) is 3.76. The van der Waals surface area contributed by atoms with Gasteiger partial charge in [-0.15, -0.1) is 0 Å². The molecule has 7 heteroatoms. The second kappa shape index (κ2) is 7.97. The number of anilines is 3. The van der Waals surface area contributed by atoms with E-state index in [1.165, 1.54) is 12.3 Å². The Morgan fingerprint density at radius 1 is 1.15 bits per heavy atom. The first-order valence-corrected chi connectivity index (χ1v) is 8.15. The molecule has 2 aromatic carbocycles. The summed E-state index contributed by atoms with van der Waals surface area (Å²) >= 11 is 0. The lowest BCUT2D eigenvalue weighted by Gasteiger charge is -2.11. The lowest BCUT2D eigenvalue weighted by atomic mass is 10.2. The number of nitriles is 1. The standard InChI is InChI=1S/C20H17N5O2/c1-13-3-8-18(27-2)17(11-13)24-19(26)16-9-10-22-20(25-16)23-15-6-4-14(12-21)5-7-15/h3-11H,1-2H3,(H,24,26)(H,22,23,25). The first kappa shape index (κ1) is 17.9. The maximum atomic E-state index is 12.6. The third-order valence-electron chi connectivity index (χ3n) is 3.76. The van der Waals surface area contributed by atoms with Crippen molar-refractivity contribution >= 4 is 23.2 Å². The van der Waals surface area contributed by atoms with Crippen LogP contribution in [0.3, 0.4) is 0 Å². The maximum absolute atomic E-state index is 12.6. The third kappa shape index (κ3) is 4.38. The Labute approximate surface area is 156 Å². The van der Waals surface area contributed by atoms with Gasteiger partial charge in [0.25, 0.3) is 5.91 Å². The van der Waals surface area contributed by atoms with Gasteiger partial charge in [-0.3, -0.25) is 4.79 Å². The molecule has 0 atom stereocenters. The minimum Gasteiger partial charge on any atom is -0.495 e. The molecule has 27 heavy (non-hydrogen) atoms. The molecule has 2 N–H and O–H groups in total. The van der Waals surface area contributed by atoms with Crippen molar-refractivity contribution in [2.75, 3.05) is 17.7 Å². The van der Waals surface area contributed by atoms with Crippen molar-refractivity contribution < 1.29 is 9.53 Å². The van der Waals surface area contributed by atoms with Crippen LogP contribution in [0.25, 0.3) is 0 Å². The summed E-state index contributed by atoms with van der Waals surface area (Å²) in [4.78, 5) is 20.9. The number of aryl methyl sites for hydroxylation is 1. The molecular formula is C20H17N5O2. The fourth-order valence-corrected chi connectivity index (χ4v) is 2.41.